The molecule has 0 aliphatic rings. The molecule has 1 heterocycles. The zero-order valence-corrected chi connectivity index (χ0v) is 16.3. The van der Waals surface area contributed by atoms with E-state index in [0.29, 0.717) is 16.7 Å². The lowest BCUT2D eigenvalue weighted by Crippen LogP contribution is -2.20. The van der Waals surface area contributed by atoms with Crippen LogP contribution in [0.2, 0.25) is 0 Å². The Balaban J connectivity index is 1.70. The number of H-pyrrole nitrogens is 1. The molecule has 3 aromatic carbocycles. The van der Waals surface area contributed by atoms with E-state index in [1.165, 1.54) is 0 Å². The summed E-state index contributed by atoms with van der Waals surface area (Å²) in [5.74, 6) is -0.816. The van der Waals surface area contributed by atoms with Gasteiger partial charge in [0.2, 0.25) is 5.78 Å². The van der Waals surface area contributed by atoms with Crippen molar-refractivity contribution in [2.45, 2.75) is 6.10 Å². The zero-order valence-electron chi connectivity index (χ0n) is 14.8. The number of hydrogen-bond donors (Lipinski definition) is 1. The minimum atomic E-state index is -1.03. The van der Waals surface area contributed by atoms with E-state index in [9.17, 15) is 9.59 Å². The number of esters is 1. The summed E-state index contributed by atoms with van der Waals surface area (Å²) in [5.41, 5.74) is 2.36. The van der Waals surface area contributed by atoms with Crippen LogP contribution >= 0.6 is 15.9 Å². The Bertz CT molecular complexity index is 1130. The molecule has 0 amide bonds. The predicted molar refractivity (Wildman–Crippen MR) is 111 cm³/mol. The summed E-state index contributed by atoms with van der Waals surface area (Å²) in [4.78, 5) is 29.1. The summed E-state index contributed by atoms with van der Waals surface area (Å²) < 4.78 is 6.54. The molecule has 0 aliphatic heterocycles. The van der Waals surface area contributed by atoms with Gasteiger partial charge in [-0.05, 0) is 30.3 Å². The number of aromatic amines is 1. The maximum absolute atomic E-state index is 13.3. The van der Waals surface area contributed by atoms with Gasteiger partial charge in [0.25, 0.3) is 0 Å². The van der Waals surface area contributed by atoms with Gasteiger partial charge in [-0.25, -0.2) is 4.79 Å². The van der Waals surface area contributed by atoms with Gasteiger partial charge >= 0.3 is 5.97 Å². The number of aromatic nitrogens is 1. The molecule has 5 heteroatoms. The van der Waals surface area contributed by atoms with Crippen molar-refractivity contribution >= 4 is 38.6 Å². The van der Waals surface area contributed by atoms with Crippen LogP contribution in [0.4, 0.5) is 0 Å². The smallest absolute Gasteiger partial charge is 0.339 e. The second kappa shape index (κ2) is 7.82. The molecule has 4 aromatic rings. The number of ether oxygens (including phenoxy) is 1. The molecular weight excluding hydrogens is 418 g/mol. The Morgan fingerprint density at radius 2 is 1.54 bits per heavy atom. The summed E-state index contributed by atoms with van der Waals surface area (Å²) >= 11 is 3.34. The van der Waals surface area contributed by atoms with Crippen LogP contribution in [0.5, 0.6) is 0 Å². The number of ketones is 1. The Labute approximate surface area is 170 Å². The monoisotopic (exact) mass is 433 g/mol. The summed E-state index contributed by atoms with van der Waals surface area (Å²) in [7, 11) is 0. The number of hydrogen-bond acceptors (Lipinski definition) is 3. The molecule has 0 radical (unpaired) electrons. The normalized spacial score (nSPS) is 11.9. The quantitative estimate of drug-likeness (QED) is 0.323. The molecule has 0 aliphatic carbocycles. The maximum Gasteiger partial charge on any atom is 0.339 e. The van der Waals surface area contributed by atoms with Crippen LogP contribution in [0.1, 0.15) is 32.4 Å². The summed E-state index contributed by atoms with van der Waals surface area (Å²) in [6.45, 7) is 0. The van der Waals surface area contributed by atoms with E-state index in [2.05, 4.69) is 20.9 Å². The summed E-state index contributed by atoms with van der Waals surface area (Å²) in [5, 5.41) is 0.799. The van der Waals surface area contributed by atoms with Crippen LogP contribution in [0.3, 0.4) is 0 Å². The fourth-order valence-electron chi connectivity index (χ4n) is 3.08. The fraction of sp³-hybridized carbons (Fsp3) is 0.0435. The molecule has 28 heavy (non-hydrogen) atoms. The van der Waals surface area contributed by atoms with Crippen LogP contribution in [-0.4, -0.2) is 16.7 Å². The second-order valence-corrected chi connectivity index (χ2v) is 7.23. The first-order valence-corrected chi connectivity index (χ1v) is 9.54. The van der Waals surface area contributed by atoms with Gasteiger partial charge in [-0.3, -0.25) is 4.79 Å². The van der Waals surface area contributed by atoms with Gasteiger partial charge in [-0.2, -0.15) is 0 Å². The molecule has 4 rings (SSSR count). The lowest BCUT2D eigenvalue weighted by Gasteiger charge is -2.17. The zero-order chi connectivity index (χ0) is 19.5. The molecule has 138 valence electrons. The molecule has 0 unspecified atom stereocenters. The third-order valence-electron chi connectivity index (χ3n) is 4.50. The van der Waals surface area contributed by atoms with Crippen LogP contribution < -0.4 is 0 Å². The number of carbonyl (C=O) groups is 2. The van der Waals surface area contributed by atoms with Crippen LogP contribution in [0.25, 0.3) is 10.9 Å². The average Bonchev–Trinajstić information content (AvgIpc) is 3.17. The van der Waals surface area contributed by atoms with Gasteiger partial charge in [0, 0.05) is 32.7 Å². The Kier molecular flexibility index (Phi) is 5.08. The van der Waals surface area contributed by atoms with Crippen molar-refractivity contribution in [3.8, 4) is 0 Å². The highest BCUT2D eigenvalue weighted by Crippen LogP contribution is 2.28. The number of carbonyl (C=O) groups excluding carboxylic acids is 2. The summed E-state index contributed by atoms with van der Waals surface area (Å²) in [6, 6.07) is 23.4. The van der Waals surface area contributed by atoms with Gasteiger partial charge in [0.15, 0.2) is 6.10 Å². The van der Waals surface area contributed by atoms with Crippen molar-refractivity contribution in [1.82, 2.24) is 4.98 Å². The predicted octanol–water partition coefficient (Wildman–Crippen LogP) is 5.71. The molecular formula is C23H16BrNO3. The third kappa shape index (κ3) is 3.62. The van der Waals surface area contributed by atoms with E-state index in [4.69, 9.17) is 4.74 Å². The fourth-order valence-corrected chi connectivity index (χ4v) is 3.34. The van der Waals surface area contributed by atoms with E-state index < -0.39 is 12.1 Å². The standard InChI is InChI=1S/C23H16BrNO3/c24-17-12-10-16(11-13-17)23(27)28-22(15-6-2-1-3-7-15)21(26)19-14-25-20-9-5-4-8-18(19)20/h1-14,22,25H/t22-/m0/s1. The van der Waals surface area contributed by atoms with Crippen molar-refractivity contribution in [1.29, 1.82) is 0 Å². The van der Waals surface area contributed by atoms with Crippen LogP contribution in [-0.2, 0) is 4.74 Å². The maximum atomic E-state index is 13.3. The van der Waals surface area contributed by atoms with Crippen molar-refractivity contribution < 1.29 is 14.3 Å². The number of nitrogens with one attached hydrogen (secondary N) is 1. The molecule has 0 saturated heterocycles. The first-order valence-electron chi connectivity index (χ1n) is 8.75. The van der Waals surface area contributed by atoms with Crippen molar-refractivity contribution in [2.24, 2.45) is 0 Å². The van der Waals surface area contributed by atoms with Gasteiger partial charge in [0.05, 0.1) is 5.56 Å². The van der Waals surface area contributed by atoms with Gasteiger partial charge < -0.3 is 9.72 Å². The minimum absolute atomic E-state index is 0.269. The lowest BCUT2D eigenvalue weighted by molar-refractivity contribution is 0.0280. The Hall–Kier alpha value is -3.18. The number of Topliss-reactive ketones (excluding diaryl/α,β-unsaturated/α-hetero) is 1. The van der Waals surface area contributed by atoms with E-state index in [0.717, 1.165) is 15.4 Å². The Morgan fingerprint density at radius 3 is 2.29 bits per heavy atom. The molecule has 0 bridgehead atoms. The number of benzene rings is 3. The highest BCUT2D eigenvalue weighted by molar-refractivity contribution is 9.10. The average molecular weight is 434 g/mol. The first kappa shape index (κ1) is 18.2. The number of para-hydroxylation sites is 1. The van der Waals surface area contributed by atoms with Crippen LogP contribution in [0.15, 0.2) is 89.5 Å². The van der Waals surface area contributed by atoms with E-state index in [1.807, 2.05) is 42.5 Å². The van der Waals surface area contributed by atoms with Gasteiger partial charge in [-0.1, -0.05) is 64.5 Å². The van der Waals surface area contributed by atoms with Crippen molar-refractivity contribution in [3.05, 3.63) is 106 Å². The van der Waals surface area contributed by atoms with Gasteiger partial charge in [-0.15, -0.1) is 0 Å². The second-order valence-electron chi connectivity index (χ2n) is 6.32. The molecule has 0 saturated carbocycles. The summed E-state index contributed by atoms with van der Waals surface area (Å²) in [6.07, 6.45) is 0.632. The SMILES string of the molecule is O=C(O[C@H](C(=O)c1c[nH]c2ccccc12)c1ccccc1)c1ccc(Br)cc1. The first-order chi connectivity index (χ1) is 13.6. The topological polar surface area (TPSA) is 59.2 Å². The largest absolute Gasteiger partial charge is 0.445 e. The van der Waals surface area contributed by atoms with E-state index in [-0.39, 0.29) is 5.78 Å². The lowest BCUT2D eigenvalue weighted by atomic mass is 9.99. The minimum Gasteiger partial charge on any atom is -0.445 e. The third-order valence-corrected chi connectivity index (χ3v) is 5.03. The highest BCUT2D eigenvalue weighted by Gasteiger charge is 2.28. The molecule has 0 fully saturated rings. The molecule has 4 nitrogen and oxygen atoms in total. The highest BCUT2D eigenvalue weighted by atomic mass is 79.9. The van der Waals surface area contributed by atoms with E-state index in [1.54, 1.807) is 42.6 Å². The molecule has 0 spiro atoms. The Morgan fingerprint density at radius 1 is 0.857 bits per heavy atom. The van der Waals surface area contributed by atoms with E-state index >= 15 is 0 Å². The van der Waals surface area contributed by atoms with Crippen molar-refractivity contribution in [3.63, 3.8) is 0 Å². The number of fused-ring (bicyclic) bond motifs is 1. The van der Waals surface area contributed by atoms with Crippen LogP contribution in [0, 0.1) is 0 Å². The number of halogens is 1. The molecule has 1 aromatic heterocycles. The van der Waals surface area contributed by atoms with Crippen molar-refractivity contribution in [2.75, 3.05) is 0 Å². The molecule has 1 N–H and O–H groups in total. The molecule has 1 atom stereocenters. The number of rotatable bonds is 5. The van der Waals surface area contributed by atoms with Gasteiger partial charge in [0.1, 0.15) is 0 Å².